The molecule has 1 aromatic carbocycles. The number of hydrogen-bond donors (Lipinski definition) is 2. The van der Waals surface area contributed by atoms with E-state index >= 15 is 0 Å². The van der Waals surface area contributed by atoms with Gasteiger partial charge in [0.1, 0.15) is 0 Å². The van der Waals surface area contributed by atoms with Crippen LogP contribution in [0.2, 0.25) is 0 Å². The Morgan fingerprint density at radius 1 is 1.30 bits per heavy atom. The van der Waals surface area contributed by atoms with E-state index in [1.54, 1.807) is 0 Å². The van der Waals surface area contributed by atoms with Crippen LogP contribution in [0.15, 0.2) is 29.4 Å². The van der Waals surface area contributed by atoms with Gasteiger partial charge in [-0.25, -0.2) is 0 Å². The summed E-state index contributed by atoms with van der Waals surface area (Å²) >= 11 is 0. The van der Waals surface area contributed by atoms with Crippen molar-refractivity contribution in [1.82, 2.24) is 0 Å². The summed E-state index contributed by atoms with van der Waals surface area (Å²) in [5, 5.41) is 11.6. The van der Waals surface area contributed by atoms with E-state index in [9.17, 15) is 0 Å². The molecule has 0 aliphatic heterocycles. The molecule has 2 atom stereocenters. The fourth-order valence-corrected chi connectivity index (χ4v) is 2.89. The molecule has 1 aliphatic carbocycles. The largest absolute Gasteiger partial charge is 0.409 e. The lowest BCUT2D eigenvalue weighted by Crippen LogP contribution is -2.27. The molecule has 0 spiro atoms. The number of nitrogens with zero attached hydrogens (tertiary/aromatic N) is 1. The van der Waals surface area contributed by atoms with Crippen LogP contribution in [0, 0.1) is 5.92 Å². The van der Waals surface area contributed by atoms with Crippen LogP contribution in [-0.4, -0.2) is 17.1 Å². The highest BCUT2D eigenvalue weighted by molar-refractivity contribution is 5.96. The second-order valence-corrected chi connectivity index (χ2v) is 5.48. The van der Waals surface area contributed by atoms with Gasteiger partial charge in [-0.1, -0.05) is 55.6 Å². The molecule has 0 heterocycles. The summed E-state index contributed by atoms with van der Waals surface area (Å²) in [4.78, 5) is 0. The van der Waals surface area contributed by atoms with Crippen molar-refractivity contribution in [2.75, 3.05) is 0 Å². The Kier molecular flexibility index (Phi) is 5.41. The highest BCUT2D eigenvalue weighted by atomic mass is 16.5. The maximum absolute atomic E-state index is 8.63. The van der Waals surface area contributed by atoms with Gasteiger partial charge < -0.3 is 15.7 Å². The molecule has 3 N–H and O–H groups in total. The zero-order valence-electron chi connectivity index (χ0n) is 12.1. The number of nitrogens with two attached hydrogens (primary N) is 1. The molecular formula is C16H24N2O2. The minimum Gasteiger partial charge on any atom is -0.409 e. The van der Waals surface area contributed by atoms with E-state index in [0.717, 1.165) is 11.1 Å². The van der Waals surface area contributed by atoms with Gasteiger partial charge in [0.2, 0.25) is 0 Å². The minimum absolute atomic E-state index is 0.135. The first-order chi connectivity index (χ1) is 9.74. The van der Waals surface area contributed by atoms with Crippen LogP contribution in [0.4, 0.5) is 0 Å². The number of ether oxygens (including phenoxy) is 1. The van der Waals surface area contributed by atoms with Crippen molar-refractivity contribution >= 4 is 5.84 Å². The first kappa shape index (κ1) is 14.9. The van der Waals surface area contributed by atoms with Gasteiger partial charge in [0, 0.05) is 5.56 Å². The van der Waals surface area contributed by atoms with E-state index in [1.807, 2.05) is 24.3 Å². The quantitative estimate of drug-likeness (QED) is 0.375. The molecule has 1 fully saturated rings. The molecule has 0 saturated heterocycles. The van der Waals surface area contributed by atoms with Gasteiger partial charge in [-0.3, -0.25) is 0 Å². The van der Waals surface area contributed by atoms with Gasteiger partial charge in [-0.2, -0.15) is 0 Å². The SMILES string of the molecule is CCC1CCCCC1OCc1ccc(/C(N)=N/O)cc1. The molecule has 0 aromatic heterocycles. The Morgan fingerprint density at radius 2 is 2.00 bits per heavy atom. The standard InChI is InChI=1S/C16H24N2O2/c1-2-13-5-3-4-6-15(13)20-11-12-7-9-14(10-8-12)16(17)18-19/h7-10,13,15,19H,2-6,11H2,1H3,(H2,17,18). The molecule has 20 heavy (non-hydrogen) atoms. The van der Waals surface area contributed by atoms with E-state index in [4.69, 9.17) is 15.7 Å². The average molecular weight is 276 g/mol. The van der Waals surface area contributed by atoms with Crippen LogP contribution in [0.3, 0.4) is 0 Å². The first-order valence-corrected chi connectivity index (χ1v) is 7.43. The highest BCUT2D eigenvalue weighted by Gasteiger charge is 2.24. The third-order valence-corrected chi connectivity index (χ3v) is 4.19. The van der Waals surface area contributed by atoms with Crippen molar-refractivity contribution in [2.45, 2.75) is 51.7 Å². The summed E-state index contributed by atoms with van der Waals surface area (Å²) in [6.07, 6.45) is 6.70. The third kappa shape index (κ3) is 3.73. The zero-order chi connectivity index (χ0) is 14.4. The smallest absolute Gasteiger partial charge is 0.170 e. The number of rotatable bonds is 5. The monoisotopic (exact) mass is 276 g/mol. The van der Waals surface area contributed by atoms with Crippen molar-refractivity contribution in [3.63, 3.8) is 0 Å². The summed E-state index contributed by atoms with van der Waals surface area (Å²) in [6, 6.07) is 7.64. The van der Waals surface area contributed by atoms with Crippen LogP contribution in [-0.2, 0) is 11.3 Å². The fourth-order valence-electron chi connectivity index (χ4n) is 2.89. The second-order valence-electron chi connectivity index (χ2n) is 5.48. The van der Waals surface area contributed by atoms with Crippen molar-refractivity contribution in [3.05, 3.63) is 35.4 Å². The predicted octanol–water partition coefficient (Wildman–Crippen LogP) is 3.27. The normalized spacial score (nSPS) is 23.8. The first-order valence-electron chi connectivity index (χ1n) is 7.43. The van der Waals surface area contributed by atoms with Crippen LogP contribution >= 0.6 is 0 Å². The van der Waals surface area contributed by atoms with Gasteiger partial charge in [-0.15, -0.1) is 0 Å². The Morgan fingerprint density at radius 3 is 2.65 bits per heavy atom. The van der Waals surface area contributed by atoms with E-state index in [1.165, 1.54) is 32.1 Å². The molecule has 0 radical (unpaired) electrons. The minimum atomic E-state index is 0.135. The van der Waals surface area contributed by atoms with Crippen LogP contribution in [0.5, 0.6) is 0 Å². The van der Waals surface area contributed by atoms with Crippen LogP contribution in [0.1, 0.15) is 50.2 Å². The summed E-state index contributed by atoms with van der Waals surface area (Å²) in [5.41, 5.74) is 7.39. The molecule has 2 unspecified atom stereocenters. The molecular weight excluding hydrogens is 252 g/mol. The Balaban J connectivity index is 1.90. The van der Waals surface area contributed by atoms with Gasteiger partial charge in [0.25, 0.3) is 0 Å². The molecule has 2 rings (SSSR count). The second kappa shape index (κ2) is 7.29. The fraction of sp³-hybridized carbons (Fsp3) is 0.562. The molecule has 1 saturated carbocycles. The summed E-state index contributed by atoms with van der Waals surface area (Å²) in [5.74, 6) is 0.844. The molecule has 4 heteroatoms. The van der Waals surface area contributed by atoms with Crippen LogP contribution in [0.25, 0.3) is 0 Å². The summed E-state index contributed by atoms with van der Waals surface area (Å²) < 4.78 is 6.09. The van der Waals surface area contributed by atoms with Crippen molar-refractivity contribution in [1.29, 1.82) is 0 Å². The lowest BCUT2D eigenvalue weighted by Gasteiger charge is -2.30. The average Bonchev–Trinajstić information content (AvgIpc) is 2.53. The van der Waals surface area contributed by atoms with Gasteiger partial charge >= 0.3 is 0 Å². The van der Waals surface area contributed by atoms with E-state index in [-0.39, 0.29) is 5.84 Å². The molecule has 0 bridgehead atoms. The topological polar surface area (TPSA) is 67.8 Å². The van der Waals surface area contributed by atoms with E-state index < -0.39 is 0 Å². The predicted molar refractivity (Wildman–Crippen MR) is 79.8 cm³/mol. The molecule has 1 aliphatic rings. The summed E-state index contributed by atoms with van der Waals surface area (Å²) in [7, 11) is 0. The third-order valence-electron chi connectivity index (χ3n) is 4.19. The van der Waals surface area contributed by atoms with Crippen molar-refractivity contribution in [2.24, 2.45) is 16.8 Å². The van der Waals surface area contributed by atoms with Gasteiger partial charge in [0.05, 0.1) is 12.7 Å². The number of benzene rings is 1. The number of oxime groups is 1. The summed E-state index contributed by atoms with van der Waals surface area (Å²) in [6.45, 7) is 2.88. The molecule has 1 aromatic rings. The molecule has 0 amide bonds. The Bertz CT molecular complexity index is 442. The zero-order valence-corrected chi connectivity index (χ0v) is 12.1. The molecule has 4 nitrogen and oxygen atoms in total. The molecule has 110 valence electrons. The van der Waals surface area contributed by atoms with Crippen LogP contribution < -0.4 is 5.73 Å². The Hall–Kier alpha value is -1.55. The lowest BCUT2D eigenvalue weighted by atomic mass is 9.85. The number of amidine groups is 1. The van der Waals surface area contributed by atoms with Gasteiger partial charge in [-0.05, 0) is 24.3 Å². The lowest BCUT2D eigenvalue weighted by molar-refractivity contribution is -0.0221. The van der Waals surface area contributed by atoms with E-state index in [0.29, 0.717) is 18.6 Å². The van der Waals surface area contributed by atoms with E-state index in [2.05, 4.69) is 12.1 Å². The van der Waals surface area contributed by atoms with Crippen molar-refractivity contribution in [3.8, 4) is 0 Å². The van der Waals surface area contributed by atoms with Crippen molar-refractivity contribution < 1.29 is 9.94 Å². The Labute approximate surface area is 120 Å². The maximum atomic E-state index is 8.63. The van der Waals surface area contributed by atoms with Gasteiger partial charge in [0.15, 0.2) is 5.84 Å². The maximum Gasteiger partial charge on any atom is 0.170 e. The number of hydrogen-bond acceptors (Lipinski definition) is 3. The highest BCUT2D eigenvalue weighted by Crippen LogP contribution is 2.29.